The molecule has 1 aromatic heterocycles. The summed E-state index contributed by atoms with van der Waals surface area (Å²) in [5.74, 6) is -1.30. The molecule has 6 heteroatoms. The van der Waals surface area contributed by atoms with Crippen molar-refractivity contribution in [3.8, 4) is 10.6 Å². The van der Waals surface area contributed by atoms with Gasteiger partial charge in [0.1, 0.15) is 5.01 Å². The maximum Gasteiger partial charge on any atom is 0.290 e. The number of aromatic nitrogens is 1. The molecule has 0 spiro atoms. The average molecular weight is 419 g/mol. The Kier molecular flexibility index (Phi) is 5.50. The van der Waals surface area contributed by atoms with E-state index in [1.807, 2.05) is 67.6 Å². The van der Waals surface area contributed by atoms with Crippen LogP contribution in [0.3, 0.4) is 0 Å². The number of carbonyl (C=O) groups excluding carboxylic acids is 2. The molecule has 1 N–H and O–H groups in total. The number of hydrogen-bond donors (Lipinski definition) is 1. The van der Waals surface area contributed by atoms with E-state index in [0.717, 1.165) is 22.6 Å². The van der Waals surface area contributed by atoms with E-state index in [9.17, 15) is 14.7 Å². The number of ketones is 1. The van der Waals surface area contributed by atoms with Gasteiger partial charge in [-0.1, -0.05) is 67.6 Å². The van der Waals surface area contributed by atoms with Gasteiger partial charge in [0, 0.05) is 12.1 Å². The van der Waals surface area contributed by atoms with Gasteiger partial charge in [0.05, 0.1) is 22.2 Å². The summed E-state index contributed by atoms with van der Waals surface area (Å²) in [6.45, 7) is 4.20. The molecule has 1 aliphatic heterocycles. The largest absolute Gasteiger partial charge is 0.503 e. The number of aliphatic hydroxyl groups is 1. The number of aryl methyl sites for hydroxylation is 1. The predicted molar refractivity (Wildman–Crippen MR) is 117 cm³/mol. The van der Waals surface area contributed by atoms with Crippen molar-refractivity contribution in [2.75, 3.05) is 6.54 Å². The number of hydrogen-bond acceptors (Lipinski definition) is 5. The molecule has 1 aliphatic rings. The number of rotatable bonds is 6. The SMILES string of the molecule is CCCN1C(=O)C(O)=C(C(=O)c2sc(-c3ccccc3)nc2C)C1c1ccccc1. The van der Waals surface area contributed by atoms with Crippen LogP contribution in [-0.2, 0) is 4.79 Å². The van der Waals surface area contributed by atoms with Crippen LogP contribution in [0.15, 0.2) is 72.0 Å². The first-order valence-corrected chi connectivity index (χ1v) is 10.7. The van der Waals surface area contributed by atoms with Gasteiger partial charge in [0.15, 0.2) is 5.76 Å². The number of benzene rings is 2. The van der Waals surface area contributed by atoms with E-state index in [0.29, 0.717) is 17.1 Å². The summed E-state index contributed by atoms with van der Waals surface area (Å²) >= 11 is 1.29. The molecule has 0 saturated carbocycles. The molecule has 1 atom stereocenters. The van der Waals surface area contributed by atoms with Crippen molar-refractivity contribution in [1.82, 2.24) is 9.88 Å². The Labute approximate surface area is 179 Å². The van der Waals surface area contributed by atoms with Crippen molar-refractivity contribution < 1.29 is 14.7 Å². The third-order valence-corrected chi connectivity index (χ3v) is 6.36. The molecule has 5 nitrogen and oxygen atoms in total. The van der Waals surface area contributed by atoms with Crippen molar-refractivity contribution >= 4 is 23.0 Å². The number of Topliss-reactive ketones (excluding diaryl/α,β-unsaturated/α-hetero) is 1. The topological polar surface area (TPSA) is 70.5 Å². The zero-order chi connectivity index (χ0) is 21.3. The van der Waals surface area contributed by atoms with Crippen LogP contribution in [0.2, 0.25) is 0 Å². The van der Waals surface area contributed by atoms with Gasteiger partial charge in [-0.25, -0.2) is 4.98 Å². The lowest BCUT2D eigenvalue weighted by molar-refractivity contribution is -0.129. The molecular formula is C24H22N2O3S. The molecular weight excluding hydrogens is 396 g/mol. The average Bonchev–Trinajstić information content (AvgIpc) is 3.28. The molecule has 0 aliphatic carbocycles. The van der Waals surface area contributed by atoms with Crippen LogP contribution in [0.5, 0.6) is 0 Å². The predicted octanol–water partition coefficient (Wildman–Crippen LogP) is 5.11. The lowest BCUT2D eigenvalue weighted by atomic mass is 9.95. The standard InChI is InChI=1S/C24H22N2O3S/c1-3-14-26-19(16-10-6-4-7-11-16)18(21(28)24(26)29)20(27)22-15(2)25-23(30-22)17-12-8-5-9-13-17/h4-13,19,28H,3,14H2,1-2H3. The second-order valence-corrected chi connectivity index (χ2v) is 8.20. The summed E-state index contributed by atoms with van der Waals surface area (Å²) in [7, 11) is 0. The summed E-state index contributed by atoms with van der Waals surface area (Å²) < 4.78 is 0. The van der Waals surface area contributed by atoms with Crippen molar-refractivity contribution in [2.24, 2.45) is 0 Å². The fourth-order valence-corrected chi connectivity index (χ4v) is 4.80. The van der Waals surface area contributed by atoms with Crippen LogP contribution < -0.4 is 0 Å². The van der Waals surface area contributed by atoms with Crippen LogP contribution in [0.1, 0.15) is 40.3 Å². The van der Waals surface area contributed by atoms with Crippen LogP contribution in [0.4, 0.5) is 0 Å². The van der Waals surface area contributed by atoms with Crippen LogP contribution >= 0.6 is 11.3 Å². The lowest BCUT2D eigenvalue weighted by Crippen LogP contribution is -2.31. The van der Waals surface area contributed by atoms with Gasteiger partial charge in [-0.2, -0.15) is 0 Å². The zero-order valence-electron chi connectivity index (χ0n) is 16.8. The molecule has 30 heavy (non-hydrogen) atoms. The molecule has 0 saturated heterocycles. The first-order valence-electron chi connectivity index (χ1n) is 9.89. The molecule has 2 heterocycles. The Morgan fingerprint density at radius 3 is 2.37 bits per heavy atom. The third kappa shape index (κ3) is 3.44. The van der Waals surface area contributed by atoms with Gasteiger partial charge in [-0.3, -0.25) is 9.59 Å². The van der Waals surface area contributed by atoms with E-state index in [1.165, 1.54) is 11.3 Å². The minimum Gasteiger partial charge on any atom is -0.503 e. The number of thiazole rings is 1. The lowest BCUT2D eigenvalue weighted by Gasteiger charge is -2.26. The van der Waals surface area contributed by atoms with Gasteiger partial charge in [0.25, 0.3) is 5.91 Å². The van der Waals surface area contributed by atoms with E-state index < -0.39 is 17.7 Å². The molecule has 0 radical (unpaired) electrons. The fraction of sp³-hybridized carbons (Fsp3) is 0.208. The summed E-state index contributed by atoms with van der Waals surface area (Å²) in [5.41, 5.74) is 2.46. The van der Waals surface area contributed by atoms with E-state index in [4.69, 9.17) is 0 Å². The van der Waals surface area contributed by atoms with E-state index in [2.05, 4.69) is 4.98 Å². The minimum absolute atomic E-state index is 0.131. The molecule has 0 bridgehead atoms. The van der Waals surface area contributed by atoms with Crippen molar-refractivity contribution in [3.05, 3.63) is 88.1 Å². The second-order valence-electron chi connectivity index (χ2n) is 7.20. The minimum atomic E-state index is -0.604. The van der Waals surface area contributed by atoms with Crippen LogP contribution in [0, 0.1) is 6.92 Å². The third-order valence-electron chi connectivity index (χ3n) is 5.15. The molecule has 1 unspecified atom stereocenters. The van der Waals surface area contributed by atoms with Crippen LogP contribution in [0.25, 0.3) is 10.6 Å². The van der Waals surface area contributed by atoms with E-state index in [-0.39, 0.29) is 11.4 Å². The molecule has 4 rings (SSSR count). The van der Waals surface area contributed by atoms with Gasteiger partial charge in [0.2, 0.25) is 5.78 Å². The monoisotopic (exact) mass is 418 g/mol. The van der Waals surface area contributed by atoms with Gasteiger partial charge in [-0.15, -0.1) is 11.3 Å². The van der Waals surface area contributed by atoms with Crippen molar-refractivity contribution in [3.63, 3.8) is 0 Å². The second kappa shape index (κ2) is 8.24. The Morgan fingerprint density at radius 2 is 1.73 bits per heavy atom. The molecule has 152 valence electrons. The first kappa shape index (κ1) is 20.0. The van der Waals surface area contributed by atoms with Crippen LogP contribution in [-0.4, -0.2) is 33.2 Å². The zero-order valence-corrected chi connectivity index (χ0v) is 17.6. The number of nitrogens with zero attached hydrogens (tertiary/aromatic N) is 2. The molecule has 3 aromatic rings. The highest BCUT2D eigenvalue weighted by Crippen LogP contribution is 2.40. The molecule has 0 fully saturated rings. The number of carbonyl (C=O) groups is 2. The van der Waals surface area contributed by atoms with Crippen molar-refractivity contribution in [1.29, 1.82) is 0 Å². The van der Waals surface area contributed by atoms with Gasteiger partial charge in [-0.05, 0) is 18.9 Å². The maximum atomic E-state index is 13.6. The Bertz CT molecular complexity index is 1120. The van der Waals surface area contributed by atoms with E-state index in [1.54, 1.807) is 11.8 Å². The fourth-order valence-electron chi connectivity index (χ4n) is 3.77. The highest BCUT2D eigenvalue weighted by atomic mass is 32.1. The van der Waals surface area contributed by atoms with E-state index >= 15 is 0 Å². The summed E-state index contributed by atoms with van der Waals surface area (Å²) in [6.07, 6.45) is 0.724. The Balaban J connectivity index is 1.79. The van der Waals surface area contributed by atoms with Gasteiger partial charge >= 0.3 is 0 Å². The quantitative estimate of drug-likeness (QED) is 0.565. The Morgan fingerprint density at radius 1 is 1.10 bits per heavy atom. The molecule has 1 amide bonds. The van der Waals surface area contributed by atoms with Crippen molar-refractivity contribution in [2.45, 2.75) is 26.3 Å². The highest BCUT2D eigenvalue weighted by molar-refractivity contribution is 7.17. The summed E-state index contributed by atoms with van der Waals surface area (Å²) in [5, 5.41) is 11.4. The normalized spacial score (nSPS) is 16.4. The molecule has 2 aromatic carbocycles. The number of aliphatic hydroxyl groups excluding tert-OH is 1. The highest BCUT2D eigenvalue weighted by Gasteiger charge is 2.44. The smallest absolute Gasteiger partial charge is 0.290 e. The van der Waals surface area contributed by atoms with Gasteiger partial charge < -0.3 is 10.0 Å². The first-order chi connectivity index (χ1) is 14.5. The summed E-state index contributed by atoms with van der Waals surface area (Å²) in [6, 6.07) is 18.4. The Hall–Kier alpha value is -3.25. The number of amides is 1. The summed E-state index contributed by atoms with van der Waals surface area (Å²) in [4.78, 5) is 33.0. The maximum absolute atomic E-state index is 13.6.